The second-order valence-electron chi connectivity index (χ2n) is 8.18. The molecule has 0 heterocycles. The van der Waals surface area contributed by atoms with Crippen molar-refractivity contribution < 1.29 is 23.1 Å². The highest BCUT2D eigenvalue weighted by molar-refractivity contribution is 7.91. The van der Waals surface area contributed by atoms with Gasteiger partial charge in [-0.1, -0.05) is 26.0 Å². The Labute approximate surface area is 148 Å². The second-order valence-corrected chi connectivity index (χ2v) is 10.9. The minimum atomic E-state index is -3.33. The van der Waals surface area contributed by atoms with Crippen LogP contribution in [-0.4, -0.2) is 30.1 Å². The number of carbonyl (C=O) groups is 2. The quantitative estimate of drug-likeness (QED) is 0.833. The first-order valence-corrected chi connectivity index (χ1v) is 9.77. The number of benzene rings is 1. The average molecular weight is 367 g/mol. The van der Waals surface area contributed by atoms with Crippen molar-refractivity contribution in [1.29, 1.82) is 0 Å². The van der Waals surface area contributed by atoms with E-state index in [2.05, 4.69) is 5.32 Å². The van der Waals surface area contributed by atoms with Crippen LogP contribution in [0.4, 0.5) is 5.69 Å². The molecule has 0 radical (unpaired) electrons. The maximum Gasteiger partial charge on any atom is 0.307 e. The molecule has 0 aliphatic heterocycles. The highest BCUT2D eigenvalue weighted by atomic mass is 32.2. The van der Waals surface area contributed by atoms with Crippen LogP contribution in [0.5, 0.6) is 0 Å². The SMILES string of the molecule is CC1(C)[C@H](C(=O)Nc2cccc(CS(=O)(=O)C(C)(C)C)c2)[C@@H]1C(=O)O. The highest BCUT2D eigenvalue weighted by Gasteiger charge is 2.65. The molecular formula is C18H25NO5S. The standard InChI is InChI=1S/C18H25NO5S/c1-17(2,3)25(23,24)10-11-7-6-8-12(9-11)19-15(20)13-14(16(21)22)18(13,4)5/h6-9,13-14H,10H2,1-5H3,(H,19,20)(H,21,22)/t13-,14+/m0/s1. The second kappa shape index (κ2) is 6.12. The fourth-order valence-electron chi connectivity index (χ4n) is 2.98. The summed E-state index contributed by atoms with van der Waals surface area (Å²) in [5.74, 6) is -2.74. The molecule has 2 atom stereocenters. The third-order valence-corrected chi connectivity index (χ3v) is 7.44. The van der Waals surface area contributed by atoms with Crippen LogP contribution in [0, 0.1) is 17.3 Å². The summed E-state index contributed by atoms with van der Waals surface area (Å²) in [6.45, 7) is 8.45. The first-order valence-electron chi connectivity index (χ1n) is 8.12. The molecule has 1 saturated carbocycles. The Balaban J connectivity index is 2.13. The van der Waals surface area contributed by atoms with Gasteiger partial charge in [0.05, 0.1) is 22.3 Å². The number of rotatable bonds is 5. The normalized spacial score (nSPS) is 22.3. The summed E-state index contributed by atoms with van der Waals surface area (Å²) in [6, 6.07) is 6.65. The molecule has 2 N–H and O–H groups in total. The summed E-state index contributed by atoms with van der Waals surface area (Å²) in [4.78, 5) is 23.6. The molecule has 0 bridgehead atoms. The molecule has 6 nitrogen and oxygen atoms in total. The summed E-state index contributed by atoms with van der Waals surface area (Å²) < 4.78 is 23.8. The van der Waals surface area contributed by atoms with E-state index in [1.807, 2.05) is 0 Å². The lowest BCUT2D eigenvalue weighted by Gasteiger charge is -2.19. The van der Waals surface area contributed by atoms with Gasteiger partial charge in [-0.3, -0.25) is 9.59 Å². The van der Waals surface area contributed by atoms with Crippen LogP contribution >= 0.6 is 0 Å². The summed E-state index contributed by atoms with van der Waals surface area (Å²) in [5.41, 5.74) is 0.472. The van der Waals surface area contributed by atoms with Crippen LogP contribution in [0.25, 0.3) is 0 Å². The van der Waals surface area contributed by atoms with E-state index in [1.54, 1.807) is 58.9 Å². The zero-order chi connectivity index (χ0) is 19.2. The number of carboxylic acid groups (broad SMARTS) is 1. The topological polar surface area (TPSA) is 101 Å². The summed E-state index contributed by atoms with van der Waals surface area (Å²) in [7, 11) is -3.33. The van der Waals surface area contributed by atoms with Gasteiger partial charge in [-0.2, -0.15) is 0 Å². The van der Waals surface area contributed by atoms with Gasteiger partial charge in [-0.15, -0.1) is 0 Å². The van der Waals surface area contributed by atoms with Crippen LogP contribution < -0.4 is 5.32 Å². The Hall–Kier alpha value is -1.89. The Morgan fingerprint density at radius 2 is 1.80 bits per heavy atom. The fraction of sp³-hybridized carbons (Fsp3) is 0.556. The number of aliphatic carboxylic acids is 1. The van der Waals surface area contributed by atoms with Crippen molar-refractivity contribution in [3.8, 4) is 0 Å². The minimum Gasteiger partial charge on any atom is -0.481 e. The molecule has 1 aromatic rings. The zero-order valence-corrected chi connectivity index (χ0v) is 16.0. The van der Waals surface area contributed by atoms with E-state index in [0.717, 1.165) is 0 Å². The van der Waals surface area contributed by atoms with E-state index in [1.165, 1.54) is 0 Å². The maximum atomic E-state index is 12.4. The predicted molar refractivity (Wildman–Crippen MR) is 95.8 cm³/mol. The number of nitrogens with one attached hydrogen (secondary N) is 1. The van der Waals surface area contributed by atoms with Gasteiger partial charge in [0.2, 0.25) is 5.91 Å². The van der Waals surface area contributed by atoms with Gasteiger partial charge in [0.25, 0.3) is 0 Å². The third-order valence-electron chi connectivity index (χ3n) is 4.86. The summed E-state index contributed by atoms with van der Waals surface area (Å²) in [5, 5.41) is 11.9. The van der Waals surface area contributed by atoms with Gasteiger partial charge in [0.1, 0.15) is 0 Å². The molecule has 138 valence electrons. The van der Waals surface area contributed by atoms with Crippen molar-refractivity contribution in [2.45, 2.75) is 45.1 Å². The summed E-state index contributed by atoms with van der Waals surface area (Å²) in [6.07, 6.45) is 0. The number of sulfone groups is 1. The monoisotopic (exact) mass is 367 g/mol. The third kappa shape index (κ3) is 3.86. The number of carboxylic acids is 1. The van der Waals surface area contributed by atoms with Crippen LogP contribution in [0.15, 0.2) is 24.3 Å². The van der Waals surface area contributed by atoms with Crippen LogP contribution in [-0.2, 0) is 25.2 Å². The van der Waals surface area contributed by atoms with Gasteiger partial charge in [-0.05, 0) is 43.9 Å². The largest absolute Gasteiger partial charge is 0.481 e. The molecule has 1 amide bonds. The van der Waals surface area contributed by atoms with E-state index in [9.17, 15) is 23.1 Å². The van der Waals surface area contributed by atoms with Gasteiger partial charge < -0.3 is 10.4 Å². The van der Waals surface area contributed by atoms with Gasteiger partial charge in [0.15, 0.2) is 9.84 Å². The Morgan fingerprint density at radius 3 is 2.28 bits per heavy atom. The minimum absolute atomic E-state index is 0.118. The average Bonchev–Trinajstić information content (AvgIpc) is 3.00. The molecule has 0 aromatic heterocycles. The van der Waals surface area contributed by atoms with Gasteiger partial charge in [-0.25, -0.2) is 8.42 Å². The van der Waals surface area contributed by atoms with Crippen LogP contribution in [0.2, 0.25) is 0 Å². The molecule has 2 rings (SSSR count). The molecule has 1 fully saturated rings. The Kier molecular flexibility index (Phi) is 4.76. The molecule has 7 heteroatoms. The Morgan fingerprint density at radius 1 is 1.20 bits per heavy atom. The predicted octanol–water partition coefficient (Wildman–Crippen LogP) is 2.70. The molecule has 0 spiro atoms. The number of hydrogen-bond acceptors (Lipinski definition) is 4. The van der Waals surface area contributed by atoms with Crippen molar-refractivity contribution in [1.82, 2.24) is 0 Å². The number of carbonyl (C=O) groups excluding carboxylic acids is 1. The van der Waals surface area contributed by atoms with Crippen molar-refractivity contribution in [2.75, 3.05) is 5.32 Å². The van der Waals surface area contributed by atoms with E-state index in [-0.39, 0.29) is 11.7 Å². The fourth-order valence-corrected chi connectivity index (χ4v) is 4.03. The molecule has 0 unspecified atom stereocenters. The molecule has 25 heavy (non-hydrogen) atoms. The van der Waals surface area contributed by atoms with E-state index < -0.39 is 37.8 Å². The van der Waals surface area contributed by atoms with Crippen LogP contribution in [0.3, 0.4) is 0 Å². The van der Waals surface area contributed by atoms with Crippen molar-refractivity contribution in [3.05, 3.63) is 29.8 Å². The van der Waals surface area contributed by atoms with E-state index in [0.29, 0.717) is 11.3 Å². The highest BCUT2D eigenvalue weighted by Crippen LogP contribution is 2.58. The summed E-state index contributed by atoms with van der Waals surface area (Å²) >= 11 is 0. The first kappa shape index (κ1) is 19.4. The lowest BCUT2D eigenvalue weighted by molar-refractivity contribution is -0.140. The molecular weight excluding hydrogens is 342 g/mol. The lowest BCUT2D eigenvalue weighted by atomic mass is 10.1. The first-order chi connectivity index (χ1) is 11.3. The molecule has 1 aliphatic rings. The lowest BCUT2D eigenvalue weighted by Crippen LogP contribution is -2.29. The van der Waals surface area contributed by atoms with E-state index >= 15 is 0 Å². The maximum absolute atomic E-state index is 12.4. The number of amides is 1. The molecule has 0 saturated heterocycles. The van der Waals surface area contributed by atoms with Gasteiger partial charge in [0, 0.05) is 5.69 Å². The smallest absolute Gasteiger partial charge is 0.307 e. The van der Waals surface area contributed by atoms with Crippen molar-refractivity contribution >= 4 is 27.4 Å². The van der Waals surface area contributed by atoms with Crippen molar-refractivity contribution in [3.63, 3.8) is 0 Å². The van der Waals surface area contributed by atoms with Crippen molar-refractivity contribution in [2.24, 2.45) is 17.3 Å². The number of anilines is 1. The van der Waals surface area contributed by atoms with E-state index in [4.69, 9.17) is 0 Å². The molecule has 1 aliphatic carbocycles. The zero-order valence-electron chi connectivity index (χ0n) is 15.2. The number of hydrogen-bond donors (Lipinski definition) is 2. The molecule has 1 aromatic carbocycles. The van der Waals surface area contributed by atoms with Crippen LogP contribution in [0.1, 0.15) is 40.2 Å². The van der Waals surface area contributed by atoms with Gasteiger partial charge >= 0.3 is 5.97 Å². The Bertz CT molecular complexity index is 805.